The number of hydrogen-bond donors (Lipinski definition) is 3. The first-order chi connectivity index (χ1) is 7.93. The first kappa shape index (κ1) is 16.4. The lowest BCUT2D eigenvalue weighted by molar-refractivity contribution is -0.123. The SMILES string of the molecule is COCCC(N)C(=O)NCC(C)(C)CCCO. The van der Waals surface area contributed by atoms with Crippen LogP contribution in [0.4, 0.5) is 0 Å². The number of rotatable bonds is 9. The van der Waals surface area contributed by atoms with E-state index in [1.165, 1.54) is 0 Å². The minimum atomic E-state index is -0.511. The van der Waals surface area contributed by atoms with Crippen LogP contribution in [-0.2, 0) is 9.53 Å². The second-order valence-corrected chi connectivity index (χ2v) is 5.10. The van der Waals surface area contributed by atoms with Gasteiger partial charge in [0.2, 0.25) is 5.91 Å². The number of nitrogens with one attached hydrogen (secondary N) is 1. The van der Waals surface area contributed by atoms with E-state index in [0.29, 0.717) is 19.6 Å². The summed E-state index contributed by atoms with van der Waals surface area (Å²) in [7, 11) is 1.59. The van der Waals surface area contributed by atoms with Crippen molar-refractivity contribution in [1.29, 1.82) is 0 Å². The highest BCUT2D eigenvalue weighted by molar-refractivity contribution is 5.81. The minimum Gasteiger partial charge on any atom is -0.396 e. The van der Waals surface area contributed by atoms with Gasteiger partial charge in [-0.3, -0.25) is 4.79 Å². The van der Waals surface area contributed by atoms with Gasteiger partial charge in [-0.05, 0) is 24.7 Å². The molecule has 0 aromatic heterocycles. The summed E-state index contributed by atoms with van der Waals surface area (Å²) in [6, 6.07) is -0.511. The van der Waals surface area contributed by atoms with E-state index in [9.17, 15) is 4.79 Å². The van der Waals surface area contributed by atoms with Crippen molar-refractivity contribution in [3.05, 3.63) is 0 Å². The molecule has 0 aliphatic rings. The Morgan fingerprint density at radius 3 is 2.71 bits per heavy atom. The van der Waals surface area contributed by atoms with Gasteiger partial charge in [-0.25, -0.2) is 0 Å². The Labute approximate surface area is 104 Å². The first-order valence-corrected chi connectivity index (χ1v) is 6.06. The van der Waals surface area contributed by atoms with Crippen molar-refractivity contribution in [3.8, 4) is 0 Å². The van der Waals surface area contributed by atoms with Gasteiger partial charge in [-0.2, -0.15) is 0 Å². The highest BCUT2D eigenvalue weighted by atomic mass is 16.5. The van der Waals surface area contributed by atoms with Crippen LogP contribution in [0.1, 0.15) is 33.1 Å². The lowest BCUT2D eigenvalue weighted by Gasteiger charge is -2.25. The quantitative estimate of drug-likeness (QED) is 0.545. The predicted molar refractivity (Wildman–Crippen MR) is 67.6 cm³/mol. The number of aliphatic hydroxyl groups is 1. The Balaban J connectivity index is 3.88. The molecule has 0 aliphatic carbocycles. The van der Waals surface area contributed by atoms with Crippen molar-refractivity contribution in [2.45, 2.75) is 39.2 Å². The average Bonchev–Trinajstić information content (AvgIpc) is 2.30. The van der Waals surface area contributed by atoms with Gasteiger partial charge in [-0.1, -0.05) is 13.8 Å². The Hall–Kier alpha value is -0.650. The summed E-state index contributed by atoms with van der Waals surface area (Å²) >= 11 is 0. The van der Waals surface area contributed by atoms with Crippen LogP contribution in [0.25, 0.3) is 0 Å². The molecule has 0 fully saturated rings. The highest BCUT2D eigenvalue weighted by Crippen LogP contribution is 2.20. The Morgan fingerprint density at radius 1 is 1.53 bits per heavy atom. The number of carbonyl (C=O) groups excluding carboxylic acids is 1. The zero-order valence-electron chi connectivity index (χ0n) is 11.2. The van der Waals surface area contributed by atoms with Crippen molar-refractivity contribution in [2.24, 2.45) is 11.1 Å². The van der Waals surface area contributed by atoms with E-state index in [-0.39, 0.29) is 17.9 Å². The molecule has 17 heavy (non-hydrogen) atoms. The molecule has 0 radical (unpaired) electrons. The average molecular weight is 246 g/mol. The standard InChI is InChI=1S/C12H26N2O3/c1-12(2,6-4-7-15)9-14-11(16)10(13)5-8-17-3/h10,15H,4-9,13H2,1-3H3,(H,14,16). The van der Waals surface area contributed by atoms with Gasteiger partial charge in [0.25, 0.3) is 0 Å². The molecular formula is C12H26N2O3. The topological polar surface area (TPSA) is 84.6 Å². The number of methoxy groups -OCH3 is 1. The third kappa shape index (κ3) is 8.12. The smallest absolute Gasteiger partial charge is 0.237 e. The van der Waals surface area contributed by atoms with E-state index in [0.717, 1.165) is 12.8 Å². The van der Waals surface area contributed by atoms with E-state index < -0.39 is 6.04 Å². The van der Waals surface area contributed by atoms with E-state index in [4.69, 9.17) is 15.6 Å². The fraction of sp³-hybridized carbons (Fsp3) is 0.917. The zero-order valence-corrected chi connectivity index (χ0v) is 11.2. The molecule has 1 unspecified atom stereocenters. The van der Waals surface area contributed by atoms with Gasteiger partial charge in [0.1, 0.15) is 0 Å². The summed E-state index contributed by atoms with van der Waals surface area (Å²) in [5.74, 6) is -0.140. The van der Waals surface area contributed by atoms with Crippen LogP contribution in [0, 0.1) is 5.41 Å². The predicted octanol–water partition coefficient (Wildman–Crippen LogP) is 0.265. The lowest BCUT2D eigenvalue weighted by atomic mass is 9.88. The van der Waals surface area contributed by atoms with Crippen LogP contribution < -0.4 is 11.1 Å². The maximum absolute atomic E-state index is 11.6. The van der Waals surface area contributed by atoms with Crippen LogP contribution >= 0.6 is 0 Å². The monoisotopic (exact) mass is 246 g/mol. The van der Waals surface area contributed by atoms with Gasteiger partial charge in [0, 0.05) is 26.9 Å². The van der Waals surface area contributed by atoms with Crippen LogP contribution in [0.2, 0.25) is 0 Å². The van der Waals surface area contributed by atoms with Crippen molar-refractivity contribution < 1.29 is 14.6 Å². The molecule has 0 aromatic rings. The minimum absolute atomic E-state index is 0.0145. The normalized spacial score (nSPS) is 13.5. The van der Waals surface area contributed by atoms with Crippen molar-refractivity contribution in [2.75, 3.05) is 26.9 Å². The Morgan fingerprint density at radius 2 is 2.18 bits per heavy atom. The molecule has 0 bridgehead atoms. The highest BCUT2D eigenvalue weighted by Gasteiger charge is 2.20. The number of hydrogen-bond acceptors (Lipinski definition) is 4. The summed E-state index contributed by atoms with van der Waals surface area (Å²) in [5.41, 5.74) is 5.69. The summed E-state index contributed by atoms with van der Waals surface area (Å²) < 4.78 is 4.87. The molecule has 102 valence electrons. The van der Waals surface area contributed by atoms with E-state index in [1.807, 2.05) is 0 Å². The van der Waals surface area contributed by atoms with E-state index in [2.05, 4.69) is 19.2 Å². The van der Waals surface area contributed by atoms with Gasteiger partial charge < -0.3 is 20.9 Å². The van der Waals surface area contributed by atoms with Crippen molar-refractivity contribution >= 4 is 5.91 Å². The summed E-state index contributed by atoms with van der Waals surface area (Å²) in [5, 5.41) is 11.6. The van der Waals surface area contributed by atoms with Crippen molar-refractivity contribution in [3.63, 3.8) is 0 Å². The van der Waals surface area contributed by atoms with Crippen LogP contribution in [0.3, 0.4) is 0 Å². The molecule has 1 atom stereocenters. The molecule has 0 saturated heterocycles. The molecule has 1 amide bonds. The number of nitrogens with two attached hydrogens (primary N) is 1. The first-order valence-electron chi connectivity index (χ1n) is 6.06. The maximum atomic E-state index is 11.6. The number of amides is 1. The second kappa shape index (κ2) is 8.44. The van der Waals surface area contributed by atoms with Crippen LogP contribution in [-0.4, -0.2) is 43.9 Å². The van der Waals surface area contributed by atoms with Crippen molar-refractivity contribution in [1.82, 2.24) is 5.32 Å². The number of ether oxygens (including phenoxy) is 1. The molecule has 0 saturated carbocycles. The number of aliphatic hydroxyl groups excluding tert-OH is 1. The lowest BCUT2D eigenvalue weighted by Crippen LogP contribution is -2.44. The molecule has 0 spiro atoms. The van der Waals surface area contributed by atoms with Gasteiger partial charge in [-0.15, -0.1) is 0 Å². The maximum Gasteiger partial charge on any atom is 0.237 e. The molecule has 5 nitrogen and oxygen atoms in total. The van der Waals surface area contributed by atoms with Gasteiger partial charge in [0.05, 0.1) is 6.04 Å². The summed E-state index contributed by atoms with van der Waals surface area (Å²) in [4.78, 5) is 11.6. The second-order valence-electron chi connectivity index (χ2n) is 5.10. The fourth-order valence-electron chi connectivity index (χ4n) is 1.48. The van der Waals surface area contributed by atoms with Crippen LogP contribution in [0.15, 0.2) is 0 Å². The largest absolute Gasteiger partial charge is 0.396 e. The summed E-state index contributed by atoms with van der Waals surface area (Å²) in [6.45, 7) is 5.37. The molecule has 0 rings (SSSR count). The third-order valence-electron chi connectivity index (χ3n) is 2.72. The number of carbonyl (C=O) groups is 1. The summed E-state index contributed by atoms with van der Waals surface area (Å²) in [6.07, 6.45) is 2.15. The third-order valence-corrected chi connectivity index (χ3v) is 2.72. The molecule has 0 aromatic carbocycles. The molecular weight excluding hydrogens is 220 g/mol. The van der Waals surface area contributed by atoms with Gasteiger partial charge in [0.15, 0.2) is 0 Å². The van der Waals surface area contributed by atoms with Gasteiger partial charge >= 0.3 is 0 Å². The molecule has 0 heterocycles. The van der Waals surface area contributed by atoms with Crippen LogP contribution in [0.5, 0.6) is 0 Å². The molecule has 5 heteroatoms. The molecule has 4 N–H and O–H groups in total. The van der Waals surface area contributed by atoms with E-state index in [1.54, 1.807) is 7.11 Å². The fourth-order valence-corrected chi connectivity index (χ4v) is 1.48. The Bertz CT molecular complexity index is 220. The zero-order chi connectivity index (χ0) is 13.3. The Kier molecular flexibility index (Phi) is 8.12. The van der Waals surface area contributed by atoms with E-state index >= 15 is 0 Å². The molecule has 0 aliphatic heterocycles.